The first-order valence-electron chi connectivity index (χ1n) is 5.55. The second-order valence-corrected chi connectivity index (χ2v) is 4.75. The van der Waals surface area contributed by atoms with E-state index in [9.17, 15) is 0 Å². The summed E-state index contributed by atoms with van der Waals surface area (Å²) < 4.78 is 4.10. The maximum absolute atomic E-state index is 6.12. The maximum Gasteiger partial charge on any atom is 0.0550 e. The van der Waals surface area contributed by atoms with Crippen molar-refractivity contribution >= 4 is 17.2 Å². The predicted molar refractivity (Wildman–Crippen MR) is 75.2 cm³/mol. The Morgan fingerprint density at radius 1 is 1.00 bits per heavy atom. The van der Waals surface area contributed by atoms with Gasteiger partial charge in [0, 0.05) is 35.4 Å². The van der Waals surface area contributed by atoms with E-state index >= 15 is 0 Å². The Morgan fingerprint density at radius 2 is 1.94 bits per heavy atom. The molecular formula is C14H11N3S. The van der Waals surface area contributed by atoms with E-state index in [2.05, 4.69) is 15.4 Å². The molecule has 2 N–H and O–H groups in total. The van der Waals surface area contributed by atoms with Crippen LogP contribution in [0.4, 0.5) is 5.69 Å². The fourth-order valence-corrected chi connectivity index (χ4v) is 2.46. The number of hydrogen-bond donors (Lipinski definition) is 1. The van der Waals surface area contributed by atoms with E-state index in [1.807, 2.05) is 36.5 Å². The van der Waals surface area contributed by atoms with E-state index < -0.39 is 0 Å². The van der Waals surface area contributed by atoms with Crippen molar-refractivity contribution in [1.29, 1.82) is 0 Å². The molecule has 2 aromatic heterocycles. The zero-order valence-corrected chi connectivity index (χ0v) is 10.4. The summed E-state index contributed by atoms with van der Waals surface area (Å²) in [5, 5.41) is 0. The van der Waals surface area contributed by atoms with Crippen LogP contribution in [0.15, 0.2) is 55.0 Å². The van der Waals surface area contributed by atoms with Crippen molar-refractivity contribution in [2.24, 2.45) is 0 Å². The van der Waals surface area contributed by atoms with Crippen LogP contribution in [-0.2, 0) is 0 Å². The highest BCUT2D eigenvalue weighted by Crippen LogP contribution is 2.31. The molecule has 0 aliphatic carbocycles. The molecule has 2 heterocycles. The van der Waals surface area contributed by atoms with Gasteiger partial charge >= 0.3 is 0 Å². The van der Waals surface area contributed by atoms with Crippen LogP contribution >= 0.6 is 11.5 Å². The molecule has 0 spiro atoms. The summed E-state index contributed by atoms with van der Waals surface area (Å²) in [6.45, 7) is 0. The molecule has 1 aromatic carbocycles. The van der Waals surface area contributed by atoms with Crippen molar-refractivity contribution in [2.45, 2.75) is 0 Å². The fraction of sp³-hybridized carbons (Fsp3) is 0. The molecule has 3 aromatic rings. The molecule has 0 saturated heterocycles. The van der Waals surface area contributed by atoms with Crippen molar-refractivity contribution in [3.8, 4) is 21.6 Å². The molecule has 0 aliphatic rings. The van der Waals surface area contributed by atoms with Gasteiger partial charge in [-0.15, -0.1) is 0 Å². The van der Waals surface area contributed by atoms with E-state index in [4.69, 9.17) is 5.73 Å². The molecular weight excluding hydrogens is 242 g/mol. The van der Waals surface area contributed by atoms with Crippen LogP contribution < -0.4 is 5.73 Å². The first-order chi connectivity index (χ1) is 8.84. The van der Waals surface area contributed by atoms with Gasteiger partial charge in [-0.1, -0.05) is 18.2 Å². The van der Waals surface area contributed by atoms with Crippen LogP contribution in [-0.4, -0.2) is 9.36 Å². The number of nitrogen functional groups attached to an aromatic ring is 1. The lowest BCUT2D eigenvalue weighted by Crippen LogP contribution is -1.91. The lowest BCUT2D eigenvalue weighted by Gasteiger charge is -2.07. The first-order valence-corrected chi connectivity index (χ1v) is 6.33. The van der Waals surface area contributed by atoms with Gasteiger partial charge in [0.15, 0.2) is 0 Å². The van der Waals surface area contributed by atoms with Gasteiger partial charge < -0.3 is 5.73 Å². The molecule has 88 valence electrons. The Labute approximate surface area is 109 Å². The summed E-state index contributed by atoms with van der Waals surface area (Å²) in [7, 11) is 0. The minimum absolute atomic E-state index is 0.758. The third-order valence-corrected chi connectivity index (χ3v) is 3.54. The summed E-state index contributed by atoms with van der Waals surface area (Å²) in [4.78, 5) is 5.24. The van der Waals surface area contributed by atoms with Crippen LogP contribution in [0.1, 0.15) is 0 Å². The Hall–Kier alpha value is -2.20. The smallest absolute Gasteiger partial charge is 0.0550 e. The second kappa shape index (κ2) is 4.58. The summed E-state index contributed by atoms with van der Waals surface area (Å²) in [6.07, 6.45) is 5.37. The minimum Gasteiger partial charge on any atom is -0.398 e. The SMILES string of the molecule is Nc1cc(-c2ccns2)ccc1-c1cccnc1. The standard InChI is InChI=1S/C14H11N3S/c15-13-8-10(14-5-7-17-18-14)3-4-12(13)11-2-1-6-16-9-11/h1-9H,15H2. The number of hydrogen-bond acceptors (Lipinski definition) is 4. The highest BCUT2D eigenvalue weighted by Gasteiger charge is 2.06. The quantitative estimate of drug-likeness (QED) is 0.712. The van der Waals surface area contributed by atoms with E-state index in [-0.39, 0.29) is 0 Å². The summed E-state index contributed by atoms with van der Waals surface area (Å²) in [5.41, 5.74) is 10.0. The van der Waals surface area contributed by atoms with Crippen molar-refractivity contribution in [1.82, 2.24) is 9.36 Å². The van der Waals surface area contributed by atoms with Crippen LogP contribution in [0.3, 0.4) is 0 Å². The van der Waals surface area contributed by atoms with Gasteiger partial charge in [-0.3, -0.25) is 4.98 Å². The van der Waals surface area contributed by atoms with Gasteiger partial charge in [0.25, 0.3) is 0 Å². The van der Waals surface area contributed by atoms with E-state index in [1.165, 1.54) is 11.5 Å². The largest absolute Gasteiger partial charge is 0.398 e. The van der Waals surface area contributed by atoms with Gasteiger partial charge in [-0.25, -0.2) is 4.37 Å². The molecule has 18 heavy (non-hydrogen) atoms. The number of rotatable bonds is 2. The van der Waals surface area contributed by atoms with Crippen molar-refractivity contribution < 1.29 is 0 Å². The third-order valence-electron chi connectivity index (χ3n) is 2.75. The highest BCUT2D eigenvalue weighted by atomic mass is 32.1. The van der Waals surface area contributed by atoms with Crippen molar-refractivity contribution in [2.75, 3.05) is 5.73 Å². The number of anilines is 1. The monoisotopic (exact) mass is 253 g/mol. The average Bonchev–Trinajstić information content (AvgIpc) is 2.93. The Kier molecular flexibility index (Phi) is 2.78. The molecule has 3 nitrogen and oxygen atoms in total. The molecule has 0 fully saturated rings. The summed E-state index contributed by atoms with van der Waals surface area (Å²) in [5.74, 6) is 0. The van der Waals surface area contributed by atoms with E-state index in [0.717, 1.165) is 27.3 Å². The van der Waals surface area contributed by atoms with Crippen LogP contribution in [0.25, 0.3) is 21.6 Å². The molecule has 0 amide bonds. The number of pyridine rings is 1. The lowest BCUT2D eigenvalue weighted by atomic mass is 10.0. The van der Waals surface area contributed by atoms with Crippen molar-refractivity contribution in [3.63, 3.8) is 0 Å². The Bertz CT molecular complexity index is 648. The maximum atomic E-state index is 6.12. The molecule has 3 rings (SSSR count). The number of nitrogens with two attached hydrogens (primary N) is 1. The van der Waals surface area contributed by atoms with Crippen LogP contribution in [0.2, 0.25) is 0 Å². The summed E-state index contributed by atoms with van der Waals surface area (Å²) in [6, 6.07) is 12.0. The fourth-order valence-electron chi connectivity index (χ4n) is 1.87. The number of aromatic nitrogens is 2. The van der Waals surface area contributed by atoms with Gasteiger partial charge in [0.05, 0.1) is 4.88 Å². The third kappa shape index (κ3) is 1.98. The van der Waals surface area contributed by atoms with E-state index in [1.54, 1.807) is 12.4 Å². The highest BCUT2D eigenvalue weighted by molar-refractivity contribution is 7.09. The lowest BCUT2D eigenvalue weighted by molar-refractivity contribution is 1.33. The molecule has 4 heteroatoms. The van der Waals surface area contributed by atoms with E-state index in [0.29, 0.717) is 0 Å². The van der Waals surface area contributed by atoms with Crippen LogP contribution in [0.5, 0.6) is 0 Å². The van der Waals surface area contributed by atoms with Gasteiger partial charge in [-0.2, -0.15) is 0 Å². The normalized spacial score (nSPS) is 10.4. The molecule has 0 unspecified atom stereocenters. The molecule has 0 atom stereocenters. The van der Waals surface area contributed by atoms with Gasteiger partial charge in [-0.05, 0) is 35.3 Å². The molecule has 0 bridgehead atoms. The molecule has 0 aliphatic heterocycles. The van der Waals surface area contributed by atoms with Crippen LogP contribution in [0, 0.1) is 0 Å². The topological polar surface area (TPSA) is 51.8 Å². The minimum atomic E-state index is 0.758. The first kappa shape index (κ1) is 10.9. The predicted octanol–water partition coefficient (Wildman–Crippen LogP) is 3.45. The number of nitrogens with zero attached hydrogens (tertiary/aromatic N) is 2. The number of benzene rings is 1. The summed E-state index contributed by atoms with van der Waals surface area (Å²) >= 11 is 1.47. The Morgan fingerprint density at radius 3 is 2.61 bits per heavy atom. The average molecular weight is 253 g/mol. The second-order valence-electron chi connectivity index (χ2n) is 3.92. The zero-order valence-electron chi connectivity index (χ0n) is 9.58. The Balaban J connectivity index is 2.05. The molecule has 0 radical (unpaired) electrons. The molecule has 0 saturated carbocycles. The zero-order chi connectivity index (χ0) is 12.4. The van der Waals surface area contributed by atoms with Crippen molar-refractivity contribution in [3.05, 3.63) is 55.0 Å². The van der Waals surface area contributed by atoms with Gasteiger partial charge in [0.1, 0.15) is 0 Å². The van der Waals surface area contributed by atoms with Gasteiger partial charge in [0.2, 0.25) is 0 Å².